The van der Waals surface area contributed by atoms with Gasteiger partial charge in [0.15, 0.2) is 0 Å². The second kappa shape index (κ2) is 6.76. The number of likely N-dealkylation sites (tertiary alicyclic amines) is 1. The number of aliphatic hydroxyl groups is 1. The van der Waals surface area contributed by atoms with Gasteiger partial charge >= 0.3 is 5.97 Å². The molecule has 0 spiro atoms. The van der Waals surface area contributed by atoms with E-state index in [2.05, 4.69) is 9.88 Å². The van der Waals surface area contributed by atoms with E-state index in [-0.39, 0.29) is 11.7 Å². The molecule has 1 aromatic heterocycles. The minimum absolute atomic E-state index is 0.169. The minimum Gasteiger partial charge on any atom is -0.486 e. The molecule has 3 rings (SSSR count). The maximum atomic E-state index is 11.0. The number of rotatable bonds is 5. The van der Waals surface area contributed by atoms with Gasteiger partial charge in [0.25, 0.3) is 0 Å². The van der Waals surface area contributed by atoms with E-state index < -0.39 is 12.1 Å². The van der Waals surface area contributed by atoms with Crippen LogP contribution in [-0.4, -0.2) is 51.4 Å². The molecule has 6 heteroatoms. The van der Waals surface area contributed by atoms with Gasteiger partial charge in [-0.05, 0) is 29.8 Å². The minimum atomic E-state index is -0.999. The zero-order valence-electron chi connectivity index (χ0n) is 12.5. The number of nitrogens with zero attached hydrogens (tertiary/aromatic N) is 2. The summed E-state index contributed by atoms with van der Waals surface area (Å²) in [6, 6.07) is 10.2. The van der Waals surface area contributed by atoms with Gasteiger partial charge in [-0.3, -0.25) is 9.88 Å². The molecule has 0 saturated carbocycles. The van der Waals surface area contributed by atoms with Crippen LogP contribution in [-0.2, 0) is 6.54 Å². The van der Waals surface area contributed by atoms with Gasteiger partial charge in [0, 0.05) is 32.0 Å². The first kappa shape index (κ1) is 15.5. The quantitative estimate of drug-likeness (QED) is 0.868. The molecule has 1 aliphatic heterocycles. The van der Waals surface area contributed by atoms with Crippen molar-refractivity contribution in [1.29, 1.82) is 0 Å². The first-order valence-electron chi connectivity index (χ1n) is 7.41. The molecule has 2 N–H and O–H groups in total. The highest BCUT2D eigenvalue weighted by Gasteiger charge is 2.33. The SMILES string of the molecule is O=C(O)c1cccc(O[C@@H]2CN(Cc3cccnc3)C[C@H]2O)c1. The first-order chi connectivity index (χ1) is 11.1. The number of aromatic nitrogens is 1. The van der Waals surface area contributed by atoms with Gasteiger partial charge in [-0.15, -0.1) is 0 Å². The summed E-state index contributed by atoms with van der Waals surface area (Å²) >= 11 is 0. The average Bonchev–Trinajstić information content (AvgIpc) is 2.88. The number of carboxylic acids is 1. The second-order valence-electron chi connectivity index (χ2n) is 5.61. The van der Waals surface area contributed by atoms with Crippen LogP contribution < -0.4 is 4.74 Å². The molecule has 2 atom stereocenters. The molecule has 6 nitrogen and oxygen atoms in total. The van der Waals surface area contributed by atoms with Crippen LogP contribution in [0.3, 0.4) is 0 Å². The topological polar surface area (TPSA) is 82.9 Å². The number of carboxylic acid groups (broad SMARTS) is 1. The third kappa shape index (κ3) is 3.85. The third-order valence-electron chi connectivity index (χ3n) is 3.81. The molecule has 0 bridgehead atoms. The fraction of sp³-hybridized carbons (Fsp3) is 0.294. The van der Waals surface area contributed by atoms with Crippen LogP contribution in [0.2, 0.25) is 0 Å². The lowest BCUT2D eigenvalue weighted by atomic mass is 10.2. The number of carbonyl (C=O) groups is 1. The number of β-amino-alcohol motifs (C(OH)–C–C–N with tert-alkyl or cyclic N) is 1. The van der Waals surface area contributed by atoms with Crippen molar-refractivity contribution in [2.45, 2.75) is 18.8 Å². The fourth-order valence-electron chi connectivity index (χ4n) is 2.70. The summed E-state index contributed by atoms with van der Waals surface area (Å²) in [7, 11) is 0. The van der Waals surface area contributed by atoms with Gasteiger partial charge in [0.1, 0.15) is 18.0 Å². The van der Waals surface area contributed by atoms with Crippen molar-refractivity contribution in [1.82, 2.24) is 9.88 Å². The second-order valence-corrected chi connectivity index (χ2v) is 5.61. The number of aliphatic hydroxyl groups excluding tert-OH is 1. The standard InChI is InChI=1S/C17H18N2O4/c20-15-10-19(9-12-3-2-6-18-8-12)11-16(15)23-14-5-1-4-13(7-14)17(21)22/h1-8,15-16,20H,9-11H2,(H,21,22)/t15-,16-/m1/s1. The van der Waals surface area contributed by atoms with Crippen molar-refractivity contribution in [3.05, 3.63) is 59.9 Å². The maximum absolute atomic E-state index is 11.0. The monoisotopic (exact) mass is 314 g/mol. The van der Waals surface area contributed by atoms with Crippen LogP contribution in [0, 0.1) is 0 Å². The van der Waals surface area contributed by atoms with Crippen molar-refractivity contribution < 1.29 is 19.7 Å². The number of ether oxygens (including phenoxy) is 1. The maximum Gasteiger partial charge on any atom is 0.335 e. The number of aromatic carboxylic acids is 1. The molecule has 1 fully saturated rings. The molecule has 0 amide bonds. The molecular weight excluding hydrogens is 296 g/mol. The smallest absolute Gasteiger partial charge is 0.335 e. The van der Waals surface area contributed by atoms with Crippen LogP contribution in [0.1, 0.15) is 15.9 Å². The highest BCUT2D eigenvalue weighted by molar-refractivity contribution is 5.88. The summed E-state index contributed by atoms with van der Waals surface area (Å²) in [5, 5.41) is 19.2. The van der Waals surface area contributed by atoms with E-state index in [4.69, 9.17) is 9.84 Å². The Morgan fingerprint density at radius 2 is 2.17 bits per heavy atom. The molecule has 0 radical (unpaired) electrons. The zero-order chi connectivity index (χ0) is 16.2. The van der Waals surface area contributed by atoms with E-state index in [1.54, 1.807) is 24.5 Å². The fourth-order valence-corrected chi connectivity index (χ4v) is 2.70. The lowest BCUT2D eigenvalue weighted by Gasteiger charge is -2.17. The highest BCUT2D eigenvalue weighted by Crippen LogP contribution is 2.21. The Kier molecular flexibility index (Phi) is 4.55. The number of hydrogen-bond donors (Lipinski definition) is 2. The third-order valence-corrected chi connectivity index (χ3v) is 3.81. The van der Waals surface area contributed by atoms with Gasteiger partial charge in [-0.25, -0.2) is 4.79 Å². The number of pyridine rings is 1. The van der Waals surface area contributed by atoms with Crippen molar-refractivity contribution in [3.63, 3.8) is 0 Å². The van der Waals surface area contributed by atoms with Crippen LogP contribution in [0.5, 0.6) is 5.75 Å². The lowest BCUT2D eigenvalue weighted by molar-refractivity contribution is 0.0688. The summed E-state index contributed by atoms with van der Waals surface area (Å²) in [6.07, 6.45) is 2.54. The Hall–Kier alpha value is -2.44. The predicted octanol–water partition coefficient (Wildman–Crippen LogP) is 1.40. The Balaban J connectivity index is 1.63. The van der Waals surface area contributed by atoms with E-state index in [1.165, 1.54) is 12.1 Å². The average molecular weight is 314 g/mol. The summed E-state index contributed by atoms with van der Waals surface area (Å²) in [5.74, 6) is -0.544. The van der Waals surface area contributed by atoms with Crippen molar-refractivity contribution in [2.24, 2.45) is 0 Å². The van der Waals surface area contributed by atoms with E-state index in [9.17, 15) is 9.90 Å². The molecule has 0 aliphatic carbocycles. The summed E-state index contributed by atoms with van der Waals surface area (Å²) < 4.78 is 5.78. The number of hydrogen-bond acceptors (Lipinski definition) is 5. The molecular formula is C17H18N2O4. The van der Waals surface area contributed by atoms with Gasteiger partial charge in [-0.1, -0.05) is 12.1 Å². The lowest BCUT2D eigenvalue weighted by Crippen LogP contribution is -2.30. The normalized spacial score (nSPS) is 21.3. The van der Waals surface area contributed by atoms with Gasteiger partial charge in [-0.2, -0.15) is 0 Å². The molecule has 1 aromatic carbocycles. The summed E-state index contributed by atoms with van der Waals surface area (Å²) in [4.78, 5) is 17.2. The predicted molar refractivity (Wildman–Crippen MR) is 83.3 cm³/mol. The van der Waals surface area contributed by atoms with Gasteiger partial charge < -0.3 is 14.9 Å². The molecule has 1 saturated heterocycles. The van der Waals surface area contributed by atoms with Gasteiger partial charge in [0.05, 0.1) is 5.56 Å². The number of benzene rings is 1. The summed E-state index contributed by atoms with van der Waals surface area (Å²) in [5.41, 5.74) is 1.25. The molecule has 2 heterocycles. The molecule has 2 aromatic rings. The Labute approximate surface area is 134 Å². The van der Waals surface area contributed by atoms with E-state index in [0.717, 1.165) is 5.56 Å². The van der Waals surface area contributed by atoms with Crippen LogP contribution in [0.25, 0.3) is 0 Å². The Morgan fingerprint density at radius 1 is 1.30 bits per heavy atom. The molecule has 23 heavy (non-hydrogen) atoms. The highest BCUT2D eigenvalue weighted by atomic mass is 16.5. The van der Waals surface area contributed by atoms with Crippen molar-refractivity contribution >= 4 is 5.97 Å². The largest absolute Gasteiger partial charge is 0.486 e. The van der Waals surface area contributed by atoms with Crippen LogP contribution in [0.4, 0.5) is 0 Å². The summed E-state index contributed by atoms with van der Waals surface area (Å²) in [6.45, 7) is 1.78. The molecule has 0 unspecified atom stereocenters. The van der Waals surface area contributed by atoms with Gasteiger partial charge in [0.2, 0.25) is 0 Å². The Morgan fingerprint density at radius 3 is 2.91 bits per heavy atom. The van der Waals surface area contributed by atoms with Crippen LogP contribution >= 0.6 is 0 Å². The first-order valence-corrected chi connectivity index (χ1v) is 7.41. The van der Waals surface area contributed by atoms with E-state index >= 15 is 0 Å². The zero-order valence-corrected chi connectivity index (χ0v) is 12.5. The Bertz CT molecular complexity index is 677. The van der Waals surface area contributed by atoms with Crippen LogP contribution in [0.15, 0.2) is 48.8 Å². The molecule has 1 aliphatic rings. The van der Waals surface area contributed by atoms with Crippen molar-refractivity contribution in [3.8, 4) is 5.75 Å². The van der Waals surface area contributed by atoms with E-state index in [1.807, 2.05) is 12.1 Å². The van der Waals surface area contributed by atoms with E-state index in [0.29, 0.717) is 25.4 Å². The van der Waals surface area contributed by atoms with Crippen molar-refractivity contribution in [2.75, 3.05) is 13.1 Å². The molecule has 120 valence electrons.